The molecule has 0 aromatic carbocycles. The summed E-state index contributed by atoms with van der Waals surface area (Å²) in [4.78, 5) is 22.6. The molecular weight excluding hydrogens is 366 g/mol. The average molecular weight is 383 g/mol. The Morgan fingerprint density at radius 2 is 2.11 bits per heavy atom. The second kappa shape index (κ2) is 7.20. The summed E-state index contributed by atoms with van der Waals surface area (Å²) in [5, 5.41) is 10.8. The van der Waals surface area contributed by atoms with Gasteiger partial charge < -0.3 is 19.6 Å². The van der Waals surface area contributed by atoms with Crippen molar-refractivity contribution in [1.82, 2.24) is 20.4 Å². The molecule has 0 aliphatic carbocycles. The lowest BCUT2D eigenvalue weighted by Gasteiger charge is -2.06. The highest BCUT2D eigenvalue weighted by Gasteiger charge is 2.19. The number of hydrogen-bond acceptors (Lipinski definition) is 8. The van der Waals surface area contributed by atoms with Crippen molar-refractivity contribution in [3.05, 3.63) is 58.4 Å². The fraction of sp³-hybridized carbons (Fsp3) is 0.222. The normalized spacial score (nSPS) is 11.0. The highest BCUT2D eigenvalue weighted by Crippen LogP contribution is 2.33. The smallest absolute Gasteiger partial charge is 0.262 e. The van der Waals surface area contributed by atoms with Gasteiger partial charge in [-0.1, -0.05) is 5.16 Å². The van der Waals surface area contributed by atoms with Gasteiger partial charge in [0.05, 0.1) is 35.3 Å². The summed E-state index contributed by atoms with van der Waals surface area (Å²) < 4.78 is 10.5. The van der Waals surface area contributed by atoms with E-state index in [1.165, 1.54) is 17.7 Å². The molecule has 0 aliphatic rings. The van der Waals surface area contributed by atoms with Crippen molar-refractivity contribution in [3.63, 3.8) is 0 Å². The molecule has 4 heterocycles. The molecule has 4 aromatic rings. The molecule has 2 N–H and O–H groups in total. The molecule has 0 saturated carbocycles. The van der Waals surface area contributed by atoms with E-state index in [0.717, 1.165) is 27.2 Å². The zero-order valence-corrected chi connectivity index (χ0v) is 15.6. The molecule has 0 fully saturated rings. The largest absolute Gasteiger partial charge is 0.467 e. The number of amides is 1. The molecule has 0 aliphatic heterocycles. The predicted octanol–water partition coefficient (Wildman–Crippen LogP) is 3.43. The number of nitrogens with one attached hydrogen (secondary N) is 2. The third kappa shape index (κ3) is 3.54. The summed E-state index contributed by atoms with van der Waals surface area (Å²) >= 11 is 1.34. The Kier molecular flexibility index (Phi) is 4.59. The van der Waals surface area contributed by atoms with Crippen LogP contribution in [0.1, 0.15) is 32.4 Å². The van der Waals surface area contributed by atoms with Gasteiger partial charge in [-0.25, -0.2) is 9.97 Å². The van der Waals surface area contributed by atoms with Gasteiger partial charge in [0.15, 0.2) is 5.76 Å². The zero-order chi connectivity index (χ0) is 18.8. The Morgan fingerprint density at radius 1 is 1.22 bits per heavy atom. The lowest BCUT2D eigenvalue weighted by atomic mass is 10.2. The van der Waals surface area contributed by atoms with Crippen molar-refractivity contribution >= 4 is 33.3 Å². The number of anilines is 1. The van der Waals surface area contributed by atoms with Gasteiger partial charge >= 0.3 is 0 Å². The van der Waals surface area contributed by atoms with E-state index in [1.54, 1.807) is 12.3 Å². The van der Waals surface area contributed by atoms with Gasteiger partial charge in [-0.15, -0.1) is 11.3 Å². The van der Waals surface area contributed by atoms with Gasteiger partial charge in [0.2, 0.25) is 0 Å². The summed E-state index contributed by atoms with van der Waals surface area (Å²) in [7, 11) is 0. The van der Waals surface area contributed by atoms with Crippen LogP contribution in [-0.4, -0.2) is 21.0 Å². The van der Waals surface area contributed by atoms with Gasteiger partial charge in [0.25, 0.3) is 5.91 Å². The fourth-order valence-electron chi connectivity index (χ4n) is 2.75. The van der Waals surface area contributed by atoms with Crippen molar-refractivity contribution in [1.29, 1.82) is 0 Å². The minimum Gasteiger partial charge on any atom is -0.467 e. The molecule has 4 aromatic heterocycles. The second-order valence-electron chi connectivity index (χ2n) is 6.01. The van der Waals surface area contributed by atoms with E-state index in [4.69, 9.17) is 8.94 Å². The molecule has 9 heteroatoms. The van der Waals surface area contributed by atoms with E-state index < -0.39 is 0 Å². The maximum atomic E-state index is 12.6. The number of rotatable bonds is 6. The minimum atomic E-state index is -0.179. The molecule has 0 radical (unpaired) electrons. The predicted molar refractivity (Wildman–Crippen MR) is 101 cm³/mol. The molecule has 138 valence electrons. The van der Waals surface area contributed by atoms with Gasteiger partial charge in [-0.2, -0.15) is 0 Å². The summed E-state index contributed by atoms with van der Waals surface area (Å²) in [6.45, 7) is 4.51. The Bertz CT molecular complexity index is 1080. The molecule has 0 atom stereocenters. The first-order chi connectivity index (χ1) is 13.1. The van der Waals surface area contributed by atoms with Crippen LogP contribution in [0, 0.1) is 13.8 Å². The van der Waals surface area contributed by atoms with Crippen LogP contribution in [0.15, 0.2) is 39.7 Å². The Morgan fingerprint density at radius 3 is 2.85 bits per heavy atom. The van der Waals surface area contributed by atoms with Crippen LogP contribution in [0.3, 0.4) is 0 Å². The van der Waals surface area contributed by atoms with E-state index in [0.29, 0.717) is 23.0 Å². The molecule has 8 nitrogen and oxygen atoms in total. The molecule has 1 amide bonds. The fourth-order valence-corrected chi connectivity index (χ4v) is 3.82. The minimum absolute atomic E-state index is 0.179. The average Bonchev–Trinajstić information content (AvgIpc) is 3.39. The molecule has 0 spiro atoms. The van der Waals surface area contributed by atoms with Gasteiger partial charge in [0.1, 0.15) is 22.7 Å². The summed E-state index contributed by atoms with van der Waals surface area (Å²) in [6, 6.07) is 5.51. The third-order valence-corrected chi connectivity index (χ3v) is 5.24. The highest BCUT2D eigenvalue weighted by molar-refractivity contribution is 7.20. The lowest BCUT2D eigenvalue weighted by molar-refractivity contribution is 0.0950. The number of carbonyl (C=O) groups is 1. The van der Waals surface area contributed by atoms with Gasteiger partial charge in [-0.3, -0.25) is 4.79 Å². The number of thiophene rings is 1. The monoisotopic (exact) mass is 383 g/mol. The molecule has 4 rings (SSSR count). The van der Waals surface area contributed by atoms with Crippen LogP contribution >= 0.6 is 11.3 Å². The van der Waals surface area contributed by atoms with Crippen LogP contribution in [0.4, 0.5) is 5.82 Å². The van der Waals surface area contributed by atoms with Crippen LogP contribution in [-0.2, 0) is 13.1 Å². The number of fused-ring (bicyclic) bond motifs is 1. The van der Waals surface area contributed by atoms with Crippen molar-refractivity contribution in [2.75, 3.05) is 5.32 Å². The quantitative estimate of drug-likeness (QED) is 0.525. The van der Waals surface area contributed by atoms with Gasteiger partial charge in [0, 0.05) is 6.07 Å². The second-order valence-corrected chi connectivity index (χ2v) is 7.01. The maximum absolute atomic E-state index is 12.6. The number of aryl methyl sites for hydroxylation is 2. The van der Waals surface area contributed by atoms with Crippen molar-refractivity contribution in [2.24, 2.45) is 0 Å². The first-order valence-electron chi connectivity index (χ1n) is 8.32. The Balaban J connectivity index is 1.55. The van der Waals surface area contributed by atoms with Crippen LogP contribution in [0.25, 0.3) is 10.2 Å². The van der Waals surface area contributed by atoms with Crippen LogP contribution < -0.4 is 10.6 Å². The Labute approximate surface area is 158 Å². The van der Waals surface area contributed by atoms with Crippen molar-refractivity contribution in [3.8, 4) is 0 Å². The van der Waals surface area contributed by atoms with Crippen molar-refractivity contribution in [2.45, 2.75) is 26.9 Å². The molecular formula is C18H17N5O3S. The highest BCUT2D eigenvalue weighted by atomic mass is 32.1. The maximum Gasteiger partial charge on any atom is 0.262 e. The number of furan rings is 1. The zero-order valence-electron chi connectivity index (χ0n) is 14.8. The van der Waals surface area contributed by atoms with E-state index in [2.05, 4.69) is 25.8 Å². The van der Waals surface area contributed by atoms with Crippen LogP contribution in [0.5, 0.6) is 0 Å². The molecule has 0 unspecified atom stereocenters. The van der Waals surface area contributed by atoms with E-state index in [9.17, 15) is 4.79 Å². The Hall–Kier alpha value is -3.20. The number of nitrogens with zero attached hydrogens (tertiary/aromatic N) is 3. The van der Waals surface area contributed by atoms with Gasteiger partial charge in [-0.05, 0) is 31.5 Å². The molecule has 0 bridgehead atoms. The lowest BCUT2D eigenvalue weighted by Crippen LogP contribution is -2.22. The number of hydrogen-bond donors (Lipinski definition) is 2. The third-order valence-electron chi connectivity index (χ3n) is 4.04. The number of aromatic nitrogens is 3. The summed E-state index contributed by atoms with van der Waals surface area (Å²) in [5.41, 5.74) is 1.61. The molecule has 0 saturated heterocycles. The first-order valence-corrected chi connectivity index (χ1v) is 9.14. The van der Waals surface area contributed by atoms with Crippen LogP contribution in [0.2, 0.25) is 0 Å². The summed E-state index contributed by atoms with van der Waals surface area (Å²) in [6.07, 6.45) is 3.11. The van der Waals surface area contributed by atoms with E-state index in [-0.39, 0.29) is 12.5 Å². The molecule has 27 heavy (non-hydrogen) atoms. The summed E-state index contributed by atoms with van der Waals surface area (Å²) in [5.74, 6) is 1.91. The van der Waals surface area contributed by atoms with Crippen molar-refractivity contribution < 1.29 is 13.7 Å². The first kappa shape index (κ1) is 17.2. The standard InChI is InChI=1S/C18H17N5O3S/c1-10-6-13(26-23-10)8-20-17(24)15-11(2)14-16(21-9-22-18(14)27-15)19-7-12-4-3-5-25-12/h3-6,9H,7-8H2,1-2H3,(H,20,24)(H,19,21,22). The SMILES string of the molecule is Cc1cc(CNC(=O)c2sc3ncnc(NCc4ccco4)c3c2C)on1. The van der Waals surface area contributed by atoms with E-state index in [1.807, 2.05) is 26.0 Å². The van der Waals surface area contributed by atoms with E-state index >= 15 is 0 Å². The number of carbonyl (C=O) groups excluding carboxylic acids is 1. The topological polar surface area (TPSA) is 106 Å².